The number of amides is 1. The summed E-state index contributed by atoms with van der Waals surface area (Å²) in [6.07, 6.45) is 1.50. The van der Waals surface area contributed by atoms with Gasteiger partial charge in [0, 0.05) is 23.4 Å². The molecule has 2 aromatic heterocycles. The molecule has 12 heteroatoms. The molecule has 0 spiro atoms. The fourth-order valence-electron chi connectivity index (χ4n) is 2.95. The van der Waals surface area contributed by atoms with Crippen LogP contribution < -0.4 is 16.6 Å². The van der Waals surface area contributed by atoms with Crippen LogP contribution >= 0.6 is 12.2 Å². The number of hydrogen-bond donors (Lipinski definition) is 5. The monoisotopic (exact) mass is 449 g/mol. The molecule has 1 amide bonds. The highest BCUT2D eigenvalue weighted by Crippen LogP contribution is 2.20. The predicted molar refractivity (Wildman–Crippen MR) is 121 cm³/mol. The molecule has 0 aliphatic carbocycles. The molecule has 0 aliphatic heterocycles. The maximum absolute atomic E-state index is 12.8. The van der Waals surface area contributed by atoms with E-state index in [2.05, 4.69) is 25.3 Å². The van der Waals surface area contributed by atoms with Gasteiger partial charge in [-0.05, 0) is 48.1 Å². The minimum Gasteiger partial charge on any atom is -0.399 e. The van der Waals surface area contributed by atoms with Crippen LogP contribution in [-0.2, 0) is 0 Å². The first-order valence-corrected chi connectivity index (χ1v) is 9.57. The number of hydrogen-bond acceptors (Lipinski definition) is 7. The number of nitro benzene ring substituents is 1. The number of carbonyl (C=O) groups excluding carboxylic acids is 1. The van der Waals surface area contributed by atoms with E-state index in [4.69, 9.17) is 18.0 Å². The van der Waals surface area contributed by atoms with Gasteiger partial charge in [0.1, 0.15) is 5.52 Å². The van der Waals surface area contributed by atoms with E-state index in [1.54, 1.807) is 30.3 Å². The second kappa shape index (κ2) is 8.28. The van der Waals surface area contributed by atoms with Crippen LogP contribution in [0.1, 0.15) is 21.7 Å². The normalized spacial score (nSPS) is 11.4. The van der Waals surface area contributed by atoms with E-state index >= 15 is 0 Å². The van der Waals surface area contributed by atoms with Crippen LogP contribution in [0.25, 0.3) is 22.9 Å². The molecule has 0 unspecified atom stereocenters. The Labute approximate surface area is 184 Å². The number of imidazole rings is 1. The number of carbonyl (C=O) groups is 1. The molecular formula is C20H15N7O4S. The van der Waals surface area contributed by atoms with Crippen molar-refractivity contribution in [1.82, 2.24) is 25.3 Å². The quantitative estimate of drug-likeness (QED) is 0.135. The van der Waals surface area contributed by atoms with Crippen molar-refractivity contribution in [2.75, 3.05) is 5.73 Å². The van der Waals surface area contributed by atoms with Crippen molar-refractivity contribution in [2.24, 2.45) is 0 Å². The summed E-state index contributed by atoms with van der Waals surface area (Å²) in [4.78, 5) is 47.9. The first-order valence-electron chi connectivity index (χ1n) is 9.16. The molecule has 0 saturated carbocycles. The van der Waals surface area contributed by atoms with Crippen LogP contribution in [0.4, 0.5) is 11.4 Å². The lowest BCUT2D eigenvalue weighted by molar-refractivity contribution is -0.384. The van der Waals surface area contributed by atoms with Gasteiger partial charge in [0.25, 0.3) is 17.2 Å². The highest BCUT2D eigenvalue weighted by molar-refractivity contribution is 7.71. The number of aromatic amines is 3. The predicted octanol–water partition coefficient (Wildman–Crippen LogP) is 2.73. The molecule has 6 N–H and O–H groups in total. The van der Waals surface area contributed by atoms with Gasteiger partial charge in [-0.3, -0.25) is 24.7 Å². The number of nitro groups is 1. The minimum absolute atomic E-state index is 0.0932. The maximum Gasteiger partial charge on any atom is 0.277 e. The van der Waals surface area contributed by atoms with Crippen molar-refractivity contribution in [3.63, 3.8) is 0 Å². The fraction of sp³-hybridized carbons (Fsp3) is 0. The lowest BCUT2D eigenvalue weighted by atomic mass is 10.1. The third-order valence-corrected chi connectivity index (χ3v) is 4.66. The molecule has 2 aromatic carbocycles. The van der Waals surface area contributed by atoms with E-state index in [1.165, 1.54) is 24.3 Å². The van der Waals surface area contributed by atoms with Crippen LogP contribution in [0.3, 0.4) is 0 Å². The smallest absolute Gasteiger partial charge is 0.277 e. The van der Waals surface area contributed by atoms with E-state index in [1.807, 2.05) is 0 Å². The molecule has 0 atom stereocenters. The van der Waals surface area contributed by atoms with E-state index in [0.717, 1.165) is 0 Å². The zero-order valence-electron chi connectivity index (χ0n) is 16.2. The van der Waals surface area contributed by atoms with E-state index in [0.29, 0.717) is 16.8 Å². The number of H-pyrrole nitrogens is 3. The third kappa shape index (κ3) is 4.29. The Kier molecular flexibility index (Phi) is 5.35. The maximum atomic E-state index is 12.8. The van der Waals surface area contributed by atoms with Crippen LogP contribution in [-0.4, -0.2) is 30.8 Å². The summed E-state index contributed by atoms with van der Waals surface area (Å²) in [5, 5.41) is 13.8. The lowest BCUT2D eigenvalue weighted by Gasteiger charge is -2.08. The SMILES string of the molecule is Nc1ccc(C(=O)N/C(=C\c2cccc([N+](=O)[O-])c2)c2nc3[nH]c(=S)[nH]c(=O)c3[nH]2)cc1. The van der Waals surface area contributed by atoms with Gasteiger partial charge in [-0.15, -0.1) is 0 Å². The second-order valence-corrected chi connectivity index (χ2v) is 7.11. The number of non-ortho nitro benzene ring substituents is 1. The summed E-state index contributed by atoms with van der Waals surface area (Å²) in [6.45, 7) is 0. The highest BCUT2D eigenvalue weighted by Gasteiger charge is 2.16. The molecule has 4 rings (SSSR count). The van der Waals surface area contributed by atoms with Gasteiger partial charge < -0.3 is 21.0 Å². The Balaban J connectivity index is 1.82. The van der Waals surface area contributed by atoms with Crippen LogP contribution in [0.5, 0.6) is 0 Å². The number of fused-ring (bicyclic) bond motifs is 1. The van der Waals surface area contributed by atoms with Gasteiger partial charge in [-0.2, -0.15) is 0 Å². The average Bonchev–Trinajstić information content (AvgIpc) is 3.18. The molecule has 160 valence electrons. The summed E-state index contributed by atoms with van der Waals surface area (Å²) in [5.41, 5.74) is 6.84. The third-order valence-electron chi connectivity index (χ3n) is 4.46. The minimum atomic E-state index is -0.523. The molecule has 0 radical (unpaired) electrons. The van der Waals surface area contributed by atoms with Crippen LogP contribution in [0.15, 0.2) is 53.3 Å². The number of aromatic nitrogens is 4. The summed E-state index contributed by atoms with van der Waals surface area (Å²) in [7, 11) is 0. The largest absolute Gasteiger partial charge is 0.399 e. The zero-order valence-corrected chi connectivity index (χ0v) is 17.0. The first kappa shape index (κ1) is 20.7. The molecule has 0 bridgehead atoms. The molecule has 11 nitrogen and oxygen atoms in total. The highest BCUT2D eigenvalue weighted by atomic mass is 32.1. The van der Waals surface area contributed by atoms with Crippen LogP contribution in [0.2, 0.25) is 0 Å². The summed E-state index contributed by atoms with van der Waals surface area (Å²) >= 11 is 4.97. The number of anilines is 1. The van der Waals surface area contributed by atoms with Crippen molar-refractivity contribution >= 4 is 52.4 Å². The van der Waals surface area contributed by atoms with Gasteiger partial charge in [0.15, 0.2) is 16.2 Å². The van der Waals surface area contributed by atoms with Crippen molar-refractivity contribution in [3.8, 4) is 0 Å². The molecule has 2 heterocycles. The number of nitrogens with one attached hydrogen (secondary N) is 4. The second-order valence-electron chi connectivity index (χ2n) is 6.70. The Hall–Kier alpha value is -4.58. The molecule has 32 heavy (non-hydrogen) atoms. The number of benzene rings is 2. The lowest BCUT2D eigenvalue weighted by Crippen LogP contribution is -2.22. The summed E-state index contributed by atoms with van der Waals surface area (Å²) < 4.78 is 0.0932. The number of nitrogen functional groups attached to an aromatic ring is 1. The molecule has 0 fully saturated rings. The summed E-state index contributed by atoms with van der Waals surface area (Å²) in [6, 6.07) is 12.1. The van der Waals surface area contributed by atoms with Gasteiger partial charge in [-0.1, -0.05) is 12.1 Å². The Morgan fingerprint density at radius 2 is 1.91 bits per heavy atom. The van der Waals surface area contributed by atoms with Gasteiger partial charge >= 0.3 is 0 Å². The topological polar surface area (TPSA) is 176 Å². The van der Waals surface area contributed by atoms with E-state index in [-0.39, 0.29) is 33.1 Å². The van der Waals surface area contributed by atoms with E-state index < -0.39 is 16.4 Å². The standard InChI is InChI=1S/C20H15N7O4S/c21-12-6-4-11(5-7-12)18(28)22-14(9-10-2-1-3-13(8-10)27(30)31)16-23-15-17(24-16)25-20(32)26-19(15)29/h1-9H,21H2,(H,22,28)(H3,23,24,25,26,29,32)/b14-9-. The van der Waals surface area contributed by atoms with Gasteiger partial charge in [-0.25, -0.2) is 4.98 Å². The number of nitrogens with zero attached hydrogens (tertiary/aromatic N) is 2. The summed E-state index contributed by atoms with van der Waals surface area (Å²) in [5.74, 6) is -0.318. The molecular weight excluding hydrogens is 434 g/mol. The Morgan fingerprint density at radius 1 is 1.16 bits per heavy atom. The van der Waals surface area contributed by atoms with Crippen molar-refractivity contribution in [3.05, 3.63) is 90.7 Å². The first-order chi connectivity index (χ1) is 15.3. The zero-order chi connectivity index (χ0) is 22.8. The molecule has 4 aromatic rings. The number of nitrogens with two attached hydrogens (primary N) is 1. The van der Waals surface area contributed by atoms with Gasteiger partial charge in [0.2, 0.25) is 0 Å². The van der Waals surface area contributed by atoms with Crippen molar-refractivity contribution in [2.45, 2.75) is 0 Å². The molecule has 0 aliphatic rings. The fourth-order valence-corrected chi connectivity index (χ4v) is 3.14. The number of rotatable bonds is 5. The Bertz CT molecular complexity index is 1500. The molecule has 0 saturated heterocycles. The Morgan fingerprint density at radius 3 is 2.62 bits per heavy atom. The average molecular weight is 449 g/mol. The van der Waals surface area contributed by atoms with Crippen molar-refractivity contribution < 1.29 is 9.72 Å². The van der Waals surface area contributed by atoms with Crippen LogP contribution in [0, 0.1) is 14.9 Å². The van der Waals surface area contributed by atoms with E-state index in [9.17, 15) is 19.7 Å². The van der Waals surface area contributed by atoms with Crippen molar-refractivity contribution in [1.29, 1.82) is 0 Å². The van der Waals surface area contributed by atoms with Gasteiger partial charge in [0.05, 0.1) is 10.6 Å².